The number of nitrogens with one attached hydrogen (secondary N) is 1. The number of hydrogen-bond donors (Lipinski definition) is 3. The standard InChI is InChI=1S/C25H26FN5O4/c1-2-30-12-13-31(25(35)17-6-4-3-5-7-17)19(15-30)22-28-20(21(32)24(34)29-22)23(33)27-14-16-8-10-18(26)11-9-16/h3-11,19,32H,2,12-15H2,1H3,(H,27,33)(H,28,29,34). The molecule has 4 rings (SSSR count). The number of nitrogens with zero attached hydrogens (tertiary/aromatic N) is 4. The second kappa shape index (κ2) is 10.5. The number of benzene rings is 2. The van der Waals surface area contributed by atoms with E-state index in [1.165, 1.54) is 24.3 Å². The van der Waals surface area contributed by atoms with Crippen molar-refractivity contribution in [2.24, 2.45) is 0 Å². The Hall–Kier alpha value is -4.05. The second-order valence-corrected chi connectivity index (χ2v) is 8.19. The minimum Gasteiger partial charge on any atom is -0.501 e. The average molecular weight is 480 g/mol. The molecule has 3 aromatic rings. The van der Waals surface area contributed by atoms with E-state index < -0.39 is 35.1 Å². The van der Waals surface area contributed by atoms with Crippen molar-refractivity contribution in [3.05, 3.63) is 83.1 Å². The maximum Gasteiger partial charge on any atom is 0.274 e. The molecule has 1 fully saturated rings. The van der Waals surface area contributed by atoms with E-state index in [4.69, 9.17) is 0 Å². The Morgan fingerprint density at radius 2 is 1.77 bits per heavy atom. The normalized spacial score (nSPS) is 16.2. The molecule has 3 N–H and O–H groups in total. The van der Waals surface area contributed by atoms with Crippen LogP contribution in [0.5, 0.6) is 11.6 Å². The molecule has 2 aromatic carbocycles. The topological polar surface area (TPSA) is 119 Å². The van der Waals surface area contributed by atoms with E-state index in [0.717, 1.165) is 6.54 Å². The van der Waals surface area contributed by atoms with E-state index >= 15 is 0 Å². The highest BCUT2D eigenvalue weighted by Gasteiger charge is 2.35. The van der Waals surface area contributed by atoms with Gasteiger partial charge in [-0.3, -0.25) is 14.5 Å². The molecule has 1 aliphatic rings. The molecule has 0 spiro atoms. The number of amides is 2. The van der Waals surface area contributed by atoms with Crippen molar-refractivity contribution in [3.8, 4) is 11.6 Å². The van der Waals surface area contributed by atoms with Gasteiger partial charge in [-0.15, -0.1) is 0 Å². The largest absolute Gasteiger partial charge is 0.501 e. The van der Waals surface area contributed by atoms with Crippen molar-refractivity contribution in [3.63, 3.8) is 0 Å². The van der Waals surface area contributed by atoms with Crippen molar-refractivity contribution in [2.75, 3.05) is 26.2 Å². The van der Waals surface area contributed by atoms with Gasteiger partial charge in [-0.2, -0.15) is 4.98 Å². The van der Waals surface area contributed by atoms with Gasteiger partial charge in [-0.1, -0.05) is 37.3 Å². The molecule has 2 heterocycles. The van der Waals surface area contributed by atoms with Gasteiger partial charge in [0.15, 0.2) is 11.5 Å². The molecule has 0 radical (unpaired) electrons. The van der Waals surface area contributed by atoms with E-state index in [0.29, 0.717) is 30.8 Å². The van der Waals surface area contributed by atoms with E-state index in [2.05, 4.69) is 20.2 Å². The summed E-state index contributed by atoms with van der Waals surface area (Å²) >= 11 is 0. The van der Waals surface area contributed by atoms with Gasteiger partial charge < -0.3 is 20.4 Å². The monoisotopic (exact) mass is 479 g/mol. The third kappa shape index (κ3) is 5.38. The predicted octanol–water partition coefficient (Wildman–Crippen LogP) is 2.48. The SMILES string of the molecule is CCN1CCN(C(=O)c2ccccc2)C(c2nc(O)c(O)c(C(=O)NCc3ccc(F)cc3)n2)C1. The van der Waals surface area contributed by atoms with Gasteiger partial charge in [-0.25, -0.2) is 9.37 Å². The van der Waals surface area contributed by atoms with E-state index in [-0.39, 0.29) is 18.3 Å². The first-order valence-electron chi connectivity index (χ1n) is 11.3. The first kappa shape index (κ1) is 24.1. The smallest absolute Gasteiger partial charge is 0.274 e. The van der Waals surface area contributed by atoms with Crippen LogP contribution in [0.3, 0.4) is 0 Å². The molecule has 1 saturated heterocycles. The predicted molar refractivity (Wildman–Crippen MR) is 125 cm³/mol. The lowest BCUT2D eigenvalue weighted by Gasteiger charge is -2.40. The molecule has 0 bridgehead atoms. The van der Waals surface area contributed by atoms with Gasteiger partial charge in [0, 0.05) is 31.7 Å². The number of piperazine rings is 1. The minimum atomic E-state index is -0.755. The molecule has 1 aliphatic heterocycles. The summed E-state index contributed by atoms with van der Waals surface area (Å²) < 4.78 is 13.1. The van der Waals surface area contributed by atoms with Crippen LogP contribution in [-0.2, 0) is 6.54 Å². The van der Waals surface area contributed by atoms with Gasteiger partial charge in [0.25, 0.3) is 17.7 Å². The Kier molecular flexibility index (Phi) is 7.21. The lowest BCUT2D eigenvalue weighted by Crippen LogP contribution is -2.51. The van der Waals surface area contributed by atoms with Crippen LogP contribution < -0.4 is 5.32 Å². The van der Waals surface area contributed by atoms with E-state index in [1.54, 1.807) is 29.2 Å². The van der Waals surface area contributed by atoms with Crippen LogP contribution in [0.1, 0.15) is 45.2 Å². The zero-order valence-corrected chi connectivity index (χ0v) is 19.2. The maximum atomic E-state index is 13.3. The van der Waals surface area contributed by atoms with Gasteiger partial charge in [0.05, 0.1) is 0 Å². The molecule has 1 aromatic heterocycles. The Morgan fingerprint density at radius 1 is 1.06 bits per heavy atom. The first-order valence-corrected chi connectivity index (χ1v) is 11.3. The van der Waals surface area contributed by atoms with Gasteiger partial charge in [-0.05, 0) is 36.4 Å². The zero-order chi connectivity index (χ0) is 24.9. The fourth-order valence-corrected chi connectivity index (χ4v) is 3.97. The van der Waals surface area contributed by atoms with E-state index in [9.17, 15) is 24.2 Å². The third-order valence-corrected chi connectivity index (χ3v) is 5.96. The fraction of sp³-hybridized carbons (Fsp3) is 0.280. The maximum absolute atomic E-state index is 13.3. The first-order chi connectivity index (χ1) is 16.9. The Bertz CT molecular complexity index is 1210. The zero-order valence-electron chi connectivity index (χ0n) is 19.2. The number of aromatic nitrogens is 2. The fourth-order valence-electron chi connectivity index (χ4n) is 3.97. The van der Waals surface area contributed by atoms with Crippen molar-refractivity contribution in [1.82, 2.24) is 25.1 Å². The highest BCUT2D eigenvalue weighted by Crippen LogP contribution is 2.31. The molecule has 0 saturated carbocycles. The second-order valence-electron chi connectivity index (χ2n) is 8.19. The average Bonchev–Trinajstić information content (AvgIpc) is 2.89. The number of likely N-dealkylation sites (N-methyl/N-ethyl adjacent to an activating group) is 1. The highest BCUT2D eigenvalue weighted by molar-refractivity contribution is 5.96. The van der Waals surface area contributed by atoms with E-state index in [1.807, 2.05) is 13.0 Å². The number of hydrogen-bond acceptors (Lipinski definition) is 7. The summed E-state index contributed by atoms with van der Waals surface area (Å²) in [5.41, 5.74) is 0.737. The number of aromatic hydroxyl groups is 2. The number of carbonyl (C=O) groups is 2. The van der Waals surface area contributed by atoms with Crippen molar-refractivity contribution >= 4 is 11.8 Å². The summed E-state index contributed by atoms with van der Waals surface area (Å²) in [6.45, 7) is 4.25. The van der Waals surface area contributed by atoms with Crippen LogP contribution in [0.4, 0.5) is 4.39 Å². The van der Waals surface area contributed by atoms with Gasteiger partial charge in [0.2, 0.25) is 5.75 Å². The molecule has 10 heteroatoms. The van der Waals surface area contributed by atoms with Gasteiger partial charge in [0.1, 0.15) is 11.9 Å². The van der Waals surface area contributed by atoms with Crippen molar-refractivity contribution < 1.29 is 24.2 Å². The molecule has 1 unspecified atom stereocenters. The van der Waals surface area contributed by atoms with Crippen LogP contribution in [0.25, 0.3) is 0 Å². The summed E-state index contributed by atoms with van der Waals surface area (Å²) in [6.07, 6.45) is 0. The van der Waals surface area contributed by atoms with Crippen LogP contribution in [0.15, 0.2) is 54.6 Å². The Labute approximate surface area is 201 Å². The number of carbonyl (C=O) groups excluding carboxylic acids is 2. The number of rotatable bonds is 6. The molecule has 9 nitrogen and oxygen atoms in total. The third-order valence-electron chi connectivity index (χ3n) is 5.96. The Morgan fingerprint density at radius 3 is 2.46 bits per heavy atom. The summed E-state index contributed by atoms with van der Waals surface area (Å²) in [7, 11) is 0. The summed E-state index contributed by atoms with van der Waals surface area (Å²) in [5, 5.41) is 23.2. The molecule has 0 aliphatic carbocycles. The highest BCUT2D eigenvalue weighted by atomic mass is 19.1. The summed E-state index contributed by atoms with van der Waals surface area (Å²) in [5.74, 6) is -2.81. The molecular formula is C25H26FN5O4. The molecular weight excluding hydrogens is 453 g/mol. The minimum absolute atomic E-state index is 0.0506. The van der Waals surface area contributed by atoms with Crippen LogP contribution >= 0.6 is 0 Å². The van der Waals surface area contributed by atoms with Crippen LogP contribution in [0.2, 0.25) is 0 Å². The molecule has 35 heavy (non-hydrogen) atoms. The lowest BCUT2D eigenvalue weighted by atomic mass is 10.1. The van der Waals surface area contributed by atoms with Gasteiger partial charge >= 0.3 is 0 Å². The Balaban J connectivity index is 1.62. The molecule has 2 amide bonds. The quantitative estimate of drug-likeness (QED) is 0.497. The summed E-state index contributed by atoms with van der Waals surface area (Å²) in [4.78, 5) is 38.1. The molecule has 1 atom stereocenters. The van der Waals surface area contributed by atoms with Crippen LogP contribution in [-0.4, -0.2) is 68.0 Å². The number of halogens is 1. The van der Waals surface area contributed by atoms with Crippen molar-refractivity contribution in [2.45, 2.75) is 19.5 Å². The van der Waals surface area contributed by atoms with Crippen LogP contribution in [0, 0.1) is 5.82 Å². The summed E-state index contributed by atoms with van der Waals surface area (Å²) in [6, 6.07) is 13.7. The molecule has 182 valence electrons. The lowest BCUT2D eigenvalue weighted by molar-refractivity contribution is 0.0440. The van der Waals surface area contributed by atoms with Crippen molar-refractivity contribution in [1.29, 1.82) is 0 Å².